The highest BCUT2D eigenvalue weighted by Crippen LogP contribution is 2.23. The highest BCUT2D eigenvalue weighted by molar-refractivity contribution is 14.1. The lowest BCUT2D eigenvalue weighted by molar-refractivity contribution is 0.0697. The van der Waals surface area contributed by atoms with Gasteiger partial charge in [-0.1, -0.05) is 17.7 Å². The molecule has 0 aliphatic heterocycles. The number of hydrogen-bond acceptors (Lipinski definition) is 3. The van der Waals surface area contributed by atoms with Crippen molar-refractivity contribution in [3.63, 3.8) is 0 Å². The van der Waals surface area contributed by atoms with E-state index < -0.39 is 5.97 Å². The van der Waals surface area contributed by atoms with Crippen molar-refractivity contribution in [3.8, 4) is 0 Å². The third kappa shape index (κ3) is 3.36. The van der Waals surface area contributed by atoms with E-state index in [9.17, 15) is 4.79 Å². The van der Waals surface area contributed by atoms with Gasteiger partial charge in [0, 0.05) is 15.5 Å². The van der Waals surface area contributed by atoms with E-state index in [1.165, 1.54) is 17.8 Å². The lowest BCUT2D eigenvalue weighted by Gasteiger charge is -2.08. The molecule has 98 valence electrons. The minimum absolute atomic E-state index is 0.0287. The van der Waals surface area contributed by atoms with Gasteiger partial charge in [0.25, 0.3) is 0 Å². The Kier molecular flexibility index (Phi) is 4.26. The van der Waals surface area contributed by atoms with E-state index in [2.05, 4.69) is 32.9 Å². The zero-order valence-corrected chi connectivity index (χ0v) is 12.9. The quantitative estimate of drug-likeness (QED) is 0.778. The molecule has 2 N–H and O–H groups in total. The number of benzene rings is 1. The monoisotopic (exact) mass is 388 g/mol. The number of hydrogen-bond donors (Lipinski definition) is 2. The minimum Gasteiger partial charge on any atom is -0.478 e. The first-order chi connectivity index (χ1) is 8.97. The summed E-state index contributed by atoms with van der Waals surface area (Å²) in [6.45, 7) is 2.02. The van der Waals surface area contributed by atoms with Gasteiger partial charge in [0.15, 0.2) is 0 Å². The van der Waals surface area contributed by atoms with Crippen LogP contribution in [0.4, 0.5) is 11.5 Å². The lowest BCUT2D eigenvalue weighted by atomic mass is 10.2. The molecule has 1 aromatic carbocycles. The number of carboxylic acids is 1. The largest absolute Gasteiger partial charge is 0.478 e. The second kappa shape index (κ2) is 5.75. The Hall–Kier alpha value is -1.34. The summed E-state index contributed by atoms with van der Waals surface area (Å²) in [7, 11) is 0. The van der Waals surface area contributed by atoms with Crippen LogP contribution in [0.5, 0.6) is 0 Å². The molecule has 0 aliphatic rings. The molecule has 4 nitrogen and oxygen atoms in total. The fraction of sp³-hybridized carbons (Fsp3) is 0.0769. The van der Waals surface area contributed by atoms with Crippen LogP contribution < -0.4 is 5.32 Å². The van der Waals surface area contributed by atoms with Gasteiger partial charge < -0.3 is 10.4 Å². The molecule has 0 atom stereocenters. The van der Waals surface area contributed by atoms with Gasteiger partial charge in [-0.15, -0.1) is 0 Å². The summed E-state index contributed by atoms with van der Waals surface area (Å²) in [5.41, 5.74) is 2.06. The van der Waals surface area contributed by atoms with Crippen LogP contribution in [0.1, 0.15) is 15.9 Å². The summed E-state index contributed by atoms with van der Waals surface area (Å²) < 4.78 is 1.12. The SMILES string of the molecule is Cc1ccc(Nc2cc(C(=O)O)c(Cl)cn2)cc1I. The van der Waals surface area contributed by atoms with Gasteiger partial charge in [0.05, 0.1) is 10.6 Å². The van der Waals surface area contributed by atoms with Gasteiger partial charge in [-0.2, -0.15) is 0 Å². The van der Waals surface area contributed by atoms with Gasteiger partial charge in [-0.3, -0.25) is 0 Å². The number of aromatic carboxylic acids is 1. The molecule has 6 heteroatoms. The van der Waals surface area contributed by atoms with Crippen LogP contribution in [-0.2, 0) is 0 Å². The number of aryl methyl sites for hydroxylation is 1. The van der Waals surface area contributed by atoms with Gasteiger partial charge in [0.2, 0.25) is 0 Å². The highest BCUT2D eigenvalue weighted by Gasteiger charge is 2.10. The maximum Gasteiger partial charge on any atom is 0.337 e. The summed E-state index contributed by atoms with van der Waals surface area (Å²) in [4.78, 5) is 15.0. The summed E-state index contributed by atoms with van der Waals surface area (Å²) >= 11 is 8.01. The number of aromatic nitrogens is 1. The van der Waals surface area contributed by atoms with Crippen molar-refractivity contribution in [2.24, 2.45) is 0 Å². The molecule has 0 aliphatic carbocycles. The predicted octanol–water partition coefficient (Wildman–Crippen LogP) is 4.09. The van der Waals surface area contributed by atoms with Crippen molar-refractivity contribution < 1.29 is 9.90 Å². The summed E-state index contributed by atoms with van der Waals surface area (Å²) in [5, 5.41) is 12.2. The number of pyridine rings is 1. The Morgan fingerprint density at radius 1 is 1.42 bits per heavy atom. The van der Waals surface area contributed by atoms with E-state index >= 15 is 0 Å². The van der Waals surface area contributed by atoms with Crippen molar-refractivity contribution in [2.45, 2.75) is 6.92 Å². The van der Waals surface area contributed by atoms with Gasteiger partial charge in [0.1, 0.15) is 5.82 Å². The van der Waals surface area contributed by atoms with Crippen LogP contribution in [0, 0.1) is 10.5 Å². The summed E-state index contributed by atoms with van der Waals surface area (Å²) in [5.74, 6) is -0.629. The molecule has 2 rings (SSSR count). The van der Waals surface area contributed by atoms with Crippen LogP contribution in [0.3, 0.4) is 0 Å². The Labute approximate surface area is 129 Å². The van der Waals surface area contributed by atoms with Crippen LogP contribution >= 0.6 is 34.2 Å². The standard InChI is InChI=1S/C13H10ClIN2O2/c1-7-2-3-8(4-11(7)15)17-12-5-9(13(18)19)10(14)6-16-12/h2-6H,1H3,(H,16,17)(H,18,19). The molecule has 0 fully saturated rings. The highest BCUT2D eigenvalue weighted by atomic mass is 127. The first-order valence-electron chi connectivity index (χ1n) is 5.39. The molecule has 0 spiro atoms. The van der Waals surface area contributed by atoms with Crippen LogP contribution in [-0.4, -0.2) is 16.1 Å². The van der Waals surface area contributed by atoms with Crippen molar-refractivity contribution in [1.29, 1.82) is 0 Å². The molecule has 0 saturated carbocycles. The van der Waals surface area contributed by atoms with E-state index in [4.69, 9.17) is 16.7 Å². The second-order valence-corrected chi connectivity index (χ2v) is 5.51. The van der Waals surface area contributed by atoms with Crippen molar-refractivity contribution in [2.75, 3.05) is 5.32 Å². The van der Waals surface area contributed by atoms with E-state index in [0.29, 0.717) is 5.82 Å². The van der Waals surface area contributed by atoms with E-state index in [-0.39, 0.29) is 10.6 Å². The average molecular weight is 389 g/mol. The smallest absolute Gasteiger partial charge is 0.337 e. The fourth-order valence-corrected chi connectivity index (χ4v) is 2.19. The minimum atomic E-state index is -1.08. The van der Waals surface area contributed by atoms with Gasteiger partial charge in [-0.25, -0.2) is 9.78 Å². The third-order valence-electron chi connectivity index (χ3n) is 2.53. The number of carboxylic acid groups (broad SMARTS) is 1. The van der Waals surface area contributed by atoms with E-state index in [0.717, 1.165) is 9.26 Å². The van der Waals surface area contributed by atoms with Crippen molar-refractivity contribution in [1.82, 2.24) is 4.98 Å². The number of rotatable bonds is 3. The van der Waals surface area contributed by atoms with Crippen molar-refractivity contribution in [3.05, 3.63) is 50.2 Å². The number of carbonyl (C=O) groups is 1. The lowest BCUT2D eigenvalue weighted by Crippen LogP contribution is -2.01. The first kappa shape index (κ1) is 14.1. The fourth-order valence-electron chi connectivity index (χ4n) is 1.49. The molecule has 0 amide bonds. The molecule has 19 heavy (non-hydrogen) atoms. The summed E-state index contributed by atoms with van der Waals surface area (Å²) in [6.07, 6.45) is 1.33. The number of halogens is 2. The molecule has 0 unspecified atom stereocenters. The molecule has 2 aromatic rings. The number of nitrogens with one attached hydrogen (secondary N) is 1. The molecular formula is C13H10ClIN2O2. The van der Waals surface area contributed by atoms with Crippen LogP contribution in [0.25, 0.3) is 0 Å². The zero-order valence-electron chi connectivity index (χ0n) is 9.95. The average Bonchev–Trinajstić information content (AvgIpc) is 2.36. The van der Waals surface area contributed by atoms with E-state index in [1.54, 1.807) is 0 Å². The predicted molar refractivity (Wildman–Crippen MR) is 83.4 cm³/mol. The normalized spacial score (nSPS) is 10.3. The zero-order chi connectivity index (χ0) is 14.0. The Bertz CT molecular complexity index is 647. The Balaban J connectivity index is 2.30. The maximum atomic E-state index is 11.0. The van der Waals surface area contributed by atoms with E-state index in [1.807, 2.05) is 25.1 Å². The van der Waals surface area contributed by atoms with Gasteiger partial charge in [-0.05, 0) is 53.3 Å². The Morgan fingerprint density at radius 2 is 2.16 bits per heavy atom. The maximum absolute atomic E-state index is 11.0. The van der Waals surface area contributed by atoms with Crippen LogP contribution in [0.2, 0.25) is 5.02 Å². The third-order valence-corrected chi connectivity index (χ3v) is 3.99. The molecular weight excluding hydrogens is 379 g/mol. The molecule has 0 radical (unpaired) electrons. The number of nitrogens with zero attached hydrogens (tertiary/aromatic N) is 1. The first-order valence-corrected chi connectivity index (χ1v) is 6.85. The summed E-state index contributed by atoms with van der Waals surface area (Å²) in [6, 6.07) is 7.27. The van der Waals surface area contributed by atoms with Gasteiger partial charge >= 0.3 is 5.97 Å². The Morgan fingerprint density at radius 3 is 2.79 bits per heavy atom. The molecule has 0 bridgehead atoms. The topological polar surface area (TPSA) is 62.2 Å². The number of anilines is 2. The molecule has 0 saturated heterocycles. The molecule has 1 aromatic heterocycles. The van der Waals surface area contributed by atoms with Crippen molar-refractivity contribution >= 4 is 51.7 Å². The molecule has 1 heterocycles. The van der Waals surface area contributed by atoms with Crippen LogP contribution in [0.15, 0.2) is 30.5 Å². The second-order valence-electron chi connectivity index (χ2n) is 3.94.